The summed E-state index contributed by atoms with van der Waals surface area (Å²) in [6.45, 7) is 1.57. The minimum absolute atomic E-state index is 0.153. The van der Waals surface area contributed by atoms with E-state index < -0.39 is 0 Å². The molecule has 6 heteroatoms. The molecule has 22 heavy (non-hydrogen) atoms. The average molecular weight is 385 g/mol. The van der Waals surface area contributed by atoms with Gasteiger partial charge in [-0.2, -0.15) is 0 Å². The molecule has 0 aliphatic carbocycles. The lowest BCUT2D eigenvalue weighted by Gasteiger charge is -2.11. The van der Waals surface area contributed by atoms with Crippen LogP contribution in [0.4, 0.5) is 5.69 Å². The Morgan fingerprint density at radius 3 is 2.77 bits per heavy atom. The number of hydrogen-bond acceptors (Lipinski definition) is 3. The lowest BCUT2D eigenvalue weighted by Crippen LogP contribution is -2.20. The molecule has 2 aromatic rings. The third-order valence-electron chi connectivity index (χ3n) is 3.01. The zero-order valence-electron chi connectivity index (χ0n) is 11.9. The molecule has 0 aliphatic heterocycles. The molecule has 0 saturated carbocycles. The Kier molecular flexibility index (Phi) is 5.83. The number of hydrogen-bond donors (Lipinski definition) is 2. The predicted molar refractivity (Wildman–Crippen MR) is 90.4 cm³/mol. The van der Waals surface area contributed by atoms with E-state index >= 15 is 0 Å². The van der Waals surface area contributed by atoms with Crippen LogP contribution in [-0.4, -0.2) is 17.6 Å². The van der Waals surface area contributed by atoms with Gasteiger partial charge in [-0.15, -0.1) is 0 Å². The highest BCUT2D eigenvalue weighted by Gasteiger charge is 2.08. The molecule has 0 fully saturated rings. The smallest absolute Gasteiger partial charge is 0.262 e. The highest BCUT2D eigenvalue weighted by Crippen LogP contribution is 2.23. The first-order valence-corrected chi connectivity index (χ1v) is 7.75. The maximum absolute atomic E-state index is 11.9. The Labute approximate surface area is 142 Å². The summed E-state index contributed by atoms with van der Waals surface area (Å²) in [6.07, 6.45) is 0. The Bertz CT molecular complexity index is 691. The minimum atomic E-state index is -0.299. The van der Waals surface area contributed by atoms with Crippen molar-refractivity contribution in [1.29, 1.82) is 0 Å². The number of aliphatic hydroxyl groups is 1. The highest BCUT2D eigenvalue weighted by molar-refractivity contribution is 9.10. The molecule has 0 bridgehead atoms. The highest BCUT2D eigenvalue weighted by atomic mass is 79.9. The first-order chi connectivity index (χ1) is 10.5. The van der Waals surface area contributed by atoms with Gasteiger partial charge in [0.05, 0.1) is 6.61 Å². The summed E-state index contributed by atoms with van der Waals surface area (Å²) in [5.74, 6) is 0.175. The van der Waals surface area contributed by atoms with E-state index in [4.69, 9.17) is 16.3 Å². The van der Waals surface area contributed by atoms with Crippen molar-refractivity contribution >= 4 is 39.1 Å². The molecular formula is C16H15BrClNO3. The third-order valence-corrected chi connectivity index (χ3v) is 3.91. The van der Waals surface area contributed by atoms with Crippen LogP contribution >= 0.6 is 27.5 Å². The standard InChI is InChI=1S/C16H15BrClNO3/c1-10-2-4-13(7-14(10)18)19-16(21)9-22-15-5-3-12(17)6-11(15)8-20/h2-7,20H,8-9H2,1H3,(H,19,21). The van der Waals surface area contributed by atoms with E-state index in [-0.39, 0.29) is 19.1 Å². The number of benzene rings is 2. The second-order valence-corrected chi connectivity index (χ2v) is 6.03. The van der Waals surface area contributed by atoms with Crippen molar-refractivity contribution in [3.8, 4) is 5.75 Å². The van der Waals surface area contributed by atoms with Crippen LogP contribution in [0.25, 0.3) is 0 Å². The van der Waals surface area contributed by atoms with E-state index in [1.165, 1.54) is 0 Å². The summed E-state index contributed by atoms with van der Waals surface area (Å²) in [5.41, 5.74) is 2.17. The van der Waals surface area contributed by atoms with Crippen LogP contribution in [0.2, 0.25) is 5.02 Å². The maximum atomic E-state index is 11.9. The first-order valence-electron chi connectivity index (χ1n) is 6.57. The Morgan fingerprint density at radius 2 is 2.09 bits per heavy atom. The van der Waals surface area contributed by atoms with Crippen LogP contribution in [0.15, 0.2) is 40.9 Å². The summed E-state index contributed by atoms with van der Waals surface area (Å²) in [5, 5.41) is 12.6. The van der Waals surface area contributed by atoms with E-state index in [0.717, 1.165) is 10.0 Å². The Hall–Kier alpha value is -1.56. The van der Waals surface area contributed by atoms with Gasteiger partial charge in [0.2, 0.25) is 0 Å². The summed E-state index contributed by atoms with van der Waals surface area (Å²) in [4.78, 5) is 11.9. The molecule has 2 rings (SSSR count). The van der Waals surface area contributed by atoms with Gasteiger partial charge < -0.3 is 15.2 Å². The molecule has 2 aromatic carbocycles. The topological polar surface area (TPSA) is 58.6 Å². The van der Waals surface area contributed by atoms with Gasteiger partial charge in [-0.25, -0.2) is 0 Å². The van der Waals surface area contributed by atoms with Crippen LogP contribution in [0.3, 0.4) is 0 Å². The summed E-state index contributed by atoms with van der Waals surface area (Å²) >= 11 is 9.33. The molecule has 0 saturated heterocycles. The van der Waals surface area contributed by atoms with Crippen molar-refractivity contribution in [3.63, 3.8) is 0 Å². The van der Waals surface area contributed by atoms with Gasteiger partial charge in [-0.3, -0.25) is 4.79 Å². The number of ether oxygens (including phenoxy) is 1. The van der Waals surface area contributed by atoms with Crippen molar-refractivity contribution in [3.05, 3.63) is 57.0 Å². The molecule has 0 radical (unpaired) electrons. The fourth-order valence-electron chi connectivity index (χ4n) is 1.82. The predicted octanol–water partition coefficient (Wildman–Crippen LogP) is 3.92. The monoisotopic (exact) mass is 383 g/mol. The van der Waals surface area contributed by atoms with Crippen molar-refractivity contribution in [2.24, 2.45) is 0 Å². The number of amides is 1. The number of halogens is 2. The number of rotatable bonds is 5. The van der Waals surface area contributed by atoms with E-state index in [2.05, 4.69) is 21.2 Å². The Morgan fingerprint density at radius 1 is 1.32 bits per heavy atom. The average Bonchev–Trinajstić information content (AvgIpc) is 2.49. The number of aliphatic hydroxyl groups excluding tert-OH is 1. The van der Waals surface area contributed by atoms with Crippen molar-refractivity contribution in [2.45, 2.75) is 13.5 Å². The minimum Gasteiger partial charge on any atom is -0.483 e. The molecule has 1 amide bonds. The van der Waals surface area contributed by atoms with Gasteiger partial charge in [0.15, 0.2) is 6.61 Å². The van der Waals surface area contributed by atoms with Gasteiger partial charge in [0.25, 0.3) is 5.91 Å². The van der Waals surface area contributed by atoms with Gasteiger partial charge >= 0.3 is 0 Å². The van der Waals surface area contributed by atoms with Crippen molar-refractivity contribution in [2.75, 3.05) is 11.9 Å². The molecule has 0 aliphatic rings. The van der Waals surface area contributed by atoms with Gasteiger partial charge in [0, 0.05) is 20.7 Å². The number of anilines is 1. The van der Waals surface area contributed by atoms with E-state index in [1.54, 1.807) is 30.3 Å². The third kappa shape index (κ3) is 4.47. The Balaban J connectivity index is 1.96. The molecule has 0 aromatic heterocycles. The molecule has 4 nitrogen and oxygen atoms in total. The second-order valence-electron chi connectivity index (χ2n) is 4.71. The lowest BCUT2D eigenvalue weighted by atomic mass is 10.2. The van der Waals surface area contributed by atoms with Gasteiger partial charge in [0.1, 0.15) is 5.75 Å². The van der Waals surface area contributed by atoms with Crippen molar-refractivity contribution < 1.29 is 14.6 Å². The quantitative estimate of drug-likeness (QED) is 0.821. The van der Waals surface area contributed by atoms with Gasteiger partial charge in [-0.05, 0) is 42.8 Å². The molecule has 2 N–H and O–H groups in total. The van der Waals surface area contributed by atoms with E-state index in [9.17, 15) is 9.90 Å². The molecular weight excluding hydrogens is 370 g/mol. The maximum Gasteiger partial charge on any atom is 0.262 e. The summed E-state index contributed by atoms with van der Waals surface area (Å²) < 4.78 is 6.28. The van der Waals surface area contributed by atoms with E-state index in [1.807, 2.05) is 13.0 Å². The fourth-order valence-corrected chi connectivity index (χ4v) is 2.41. The number of aryl methyl sites for hydroxylation is 1. The number of nitrogens with one attached hydrogen (secondary N) is 1. The summed E-state index contributed by atoms with van der Waals surface area (Å²) in [6, 6.07) is 10.5. The second kappa shape index (κ2) is 7.63. The molecule has 0 atom stereocenters. The first kappa shape index (κ1) is 16.8. The molecule has 0 unspecified atom stereocenters. The largest absolute Gasteiger partial charge is 0.483 e. The van der Waals surface area contributed by atoms with E-state index in [0.29, 0.717) is 22.0 Å². The zero-order valence-corrected chi connectivity index (χ0v) is 14.2. The number of carbonyl (C=O) groups is 1. The van der Waals surface area contributed by atoms with Crippen molar-refractivity contribution in [1.82, 2.24) is 0 Å². The van der Waals surface area contributed by atoms with Crippen LogP contribution in [-0.2, 0) is 11.4 Å². The SMILES string of the molecule is Cc1ccc(NC(=O)COc2ccc(Br)cc2CO)cc1Cl. The molecule has 116 valence electrons. The molecule has 0 spiro atoms. The number of carbonyl (C=O) groups excluding carboxylic acids is 1. The van der Waals surface area contributed by atoms with Crippen LogP contribution < -0.4 is 10.1 Å². The van der Waals surface area contributed by atoms with Crippen LogP contribution in [0, 0.1) is 6.92 Å². The van der Waals surface area contributed by atoms with Crippen LogP contribution in [0.1, 0.15) is 11.1 Å². The summed E-state index contributed by atoms with van der Waals surface area (Å²) in [7, 11) is 0. The molecule has 0 heterocycles. The normalized spacial score (nSPS) is 10.4. The van der Waals surface area contributed by atoms with Gasteiger partial charge in [-0.1, -0.05) is 33.6 Å². The lowest BCUT2D eigenvalue weighted by molar-refractivity contribution is -0.118. The fraction of sp³-hybridized carbons (Fsp3) is 0.188. The zero-order chi connectivity index (χ0) is 16.1. The van der Waals surface area contributed by atoms with Crippen LogP contribution in [0.5, 0.6) is 5.75 Å².